The lowest BCUT2D eigenvalue weighted by molar-refractivity contribution is -0.115. The Labute approximate surface area is 190 Å². The fourth-order valence-corrected chi connectivity index (χ4v) is 4.16. The molecule has 0 aliphatic rings. The maximum atomic E-state index is 13.3. The molecule has 0 fully saturated rings. The number of thioether (sulfide) groups is 1. The van der Waals surface area contributed by atoms with Gasteiger partial charge in [0.15, 0.2) is 0 Å². The third-order valence-electron chi connectivity index (χ3n) is 5.10. The summed E-state index contributed by atoms with van der Waals surface area (Å²) >= 11 is 1.31. The average Bonchev–Trinajstić information content (AvgIpc) is 3.28. The number of rotatable bonds is 7. The highest BCUT2D eigenvalue weighted by Gasteiger charge is 2.25. The van der Waals surface area contributed by atoms with E-state index < -0.39 is 5.25 Å². The van der Waals surface area contributed by atoms with Crippen LogP contribution in [0, 0.1) is 13.8 Å². The Hall–Kier alpha value is -3.65. The number of hydrogen-bond acceptors (Lipinski definition) is 6. The molecule has 8 heteroatoms. The standard InChI is InChI=1S/C24H23N5O2S/c1-16-9-12-20(15-17(16)2)29-24(26-27-28-29)32-22(18-7-5-4-6-8-18)23(30)25-19-10-13-21(31-3)14-11-19/h4-15,22H,1-3H3,(H,25,30). The summed E-state index contributed by atoms with van der Waals surface area (Å²) in [7, 11) is 1.61. The fraction of sp³-hybridized carbons (Fsp3) is 0.167. The highest BCUT2D eigenvalue weighted by molar-refractivity contribution is 8.00. The Morgan fingerprint density at radius 1 is 1.00 bits per heavy atom. The van der Waals surface area contributed by atoms with Crippen molar-refractivity contribution in [1.29, 1.82) is 0 Å². The van der Waals surface area contributed by atoms with Crippen LogP contribution in [-0.4, -0.2) is 33.2 Å². The number of ether oxygens (including phenoxy) is 1. The number of anilines is 1. The van der Waals surface area contributed by atoms with E-state index in [9.17, 15) is 4.79 Å². The van der Waals surface area contributed by atoms with Crippen LogP contribution in [0.5, 0.6) is 5.75 Å². The lowest BCUT2D eigenvalue weighted by atomic mass is 10.1. The number of carbonyl (C=O) groups excluding carboxylic acids is 1. The van der Waals surface area contributed by atoms with Crippen LogP contribution in [0.15, 0.2) is 78.0 Å². The van der Waals surface area contributed by atoms with Crippen molar-refractivity contribution in [2.45, 2.75) is 24.3 Å². The molecule has 3 aromatic carbocycles. The van der Waals surface area contributed by atoms with Gasteiger partial charge in [0.25, 0.3) is 0 Å². The summed E-state index contributed by atoms with van der Waals surface area (Å²) in [6.45, 7) is 4.11. The maximum Gasteiger partial charge on any atom is 0.242 e. The molecule has 1 unspecified atom stereocenters. The van der Waals surface area contributed by atoms with E-state index in [1.165, 1.54) is 17.3 Å². The Morgan fingerprint density at radius 3 is 2.44 bits per heavy atom. The highest BCUT2D eigenvalue weighted by Crippen LogP contribution is 2.36. The van der Waals surface area contributed by atoms with Crippen molar-refractivity contribution in [3.63, 3.8) is 0 Å². The van der Waals surface area contributed by atoms with Gasteiger partial charge < -0.3 is 10.1 Å². The van der Waals surface area contributed by atoms with E-state index in [-0.39, 0.29) is 5.91 Å². The van der Waals surface area contributed by atoms with Crippen LogP contribution in [-0.2, 0) is 4.79 Å². The zero-order chi connectivity index (χ0) is 22.5. The van der Waals surface area contributed by atoms with Gasteiger partial charge in [-0.15, -0.1) is 5.10 Å². The smallest absolute Gasteiger partial charge is 0.242 e. The molecule has 0 aliphatic heterocycles. The number of hydrogen-bond donors (Lipinski definition) is 1. The fourth-order valence-electron chi connectivity index (χ4n) is 3.16. The van der Waals surface area contributed by atoms with E-state index >= 15 is 0 Å². The molecule has 4 rings (SSSR count). The van der Waals surface area contributed by atoms with Gasteiger partial charge in [-0.2, -0.15) is 4.68 Å². The van der Waals surface area contributed by atoms with Crippen molar-refractivity contribution in [3.8, 4) is 11.4 Å². The Balaban J connectivity index is 1.63. The molecule has 4 aromatic rings. The second-order valence-corrected chi connectivity index (χ2v) is 8.34. The first-order valence-corrected chi connectivity index (χ1v) is 11.0. The van der Waals surface area contributed by atoms with E-state index in [1.54, 1.807) is 23.9 Å². The first-order valence-electron chi connectivity index (χ1n) is 10.1. The van der Waals surface area contributed by atoms with Crippen molar-refractivity contribution < 1.29 is 9.53 Å². The zero-order valence-corrected chi connectivity index (χ0v) is 18.8. The molecule has 0 saturated heterocycles. The van der Waals surface area contributed by atoms with Crippen LogP contribution in [0.1, 0.15) is 21.9 Å². The maximum absolute atomic E-state index is 13.3. The number of nitrogens with one attached hydrogen (secondary N) is 1. The number of tetrazole rings is 1. The van der Waals surface area contributed by atoms with E-state index in [2.05, 4.69) is 27.8 Å². The van der Waals surface area contributed by atoms with Crippen LogP contribution in [0.2, 0.25) is 0 Å². The van der Waals surface area contributed by atoms with Gasteiger partial charge in [-0.05, 0) is 77.4 Å². The van der Waals surface area contributed by atoms with Gasteiger partial charge in [0.05, 0.1) is 12.8 Å². The summed E-state index contributed by atoms with van der Waals surface area (Å²) in [5.74, 6) is 0.561. The van der Waals surface area contributed by atoms with Crippen LogP contribution in [0.4, 0.5) is 5.69 Å². The molecule has 1 aromatic heterocycles. The van der Waals surface area contributed by atoms with Crippen LogP contribution in [0.25, 0.3) is 5.69 Å². The minimum absolute atomic E-state index is 0.166. The van der Waals surface area contributed by atoms with E-state index in [1.807, 2.05) is 67.6 Å². The lowest BCUT2D eigenvalue weighted by Crippen LogP contribution is -2.19. The summed E-state index contributed by atoms with van der Waals surface area (Å²) < 4.78 is 6.85. The molecule has 162 valence electrons. The highest BCUT2D eigenvalue weighted by atomic mass is 32.2. The van der Waals surface area contributed by atoms with Gasteiger partial charge >= 0.3 is 0 Å². The van der Waals surface area contributed by atoms with Crippen LogP contribution in [0.3, 0.4) is 0 Å². The Bertz CT molecular complexity index is 1210. The minimum Gasteiger partial charge on any atom is -0.497 e. The van der Waals surface area contributed by atoms with Gasteiger partial charge in [-0.3, -0.25) is 4.79 Å². The minimum atomic E-state index is -0.547. The average molecular weight is 446 g/mol. The van der Waals surface area contributed by atoms with Gasteiger partial charge in [-0.25, -0.2) is 0 Å². The molecular weight excluding hydrogens is 422 g/mol. The number of carbonyl (C=O) groups is 1. The topological polar surface area (TPSA) is 81.9 Å². The number of amides is 1. The van der Waals surface area contributed by atoms with Crippen LogP contribution < -0.4 is 10.1 Å². The molecule has 0 spiro atoms. The second-order valence-electron chi connectivity index (χ2n) is 7.27. The lowest BCUT2D eigenvalue weighted by Gasteiger charge is -2.17. The Morgan fingerprint density at radius 2 is 1.75 bits per heavy atom. The van der Waals surface area contributed by atoms with Gasteiger partial charge in [0, 0.05) is 5.69 Å². The molecule has 0 radical (unpaired) electrons. The number of methoxy groups -OCH3 is 1. The number of benzene rings is 3. The quantitative estimate of drug-likeness (QED) is 0.413. The number of aryl methyl sites for hydroxylation is 2. The monoisotopic (exact) mass is 445 g/mol. The summed E-state index contributed by atoms with van der Waals surface area (Å²) in [4.78, 5) is 13.3. The number of nitrogens with zero attached hydrogens (tertiary/aromatic N) is 4. The van der Waals surface area contributed by atoms with Crippen molar-refractivity contribution >= 4 is 23.4 Å². The molecule has 7 nitrogen and oxygen atoms in total. The predicted octanol–water partition coefficient (Wildman–Crippen LogP) is 4.76. The van der Waals surface area contributed by atoms with E-state index in [0.29, 0.717) is 10.8 Å². The largest absolute Gasteiger partial charge is 0.497 e. The summed E-state index contributed by atoms with van der Waals surface area (Å²) in [5.41, 5.74) is 4.73. The van der Waals surface area contributed by atoms with Crippen molar-refractivity contribution in [1.82, 2.24) is 20.2 Å². The van der Waals surface area contributed by atoms with Crippen molar-refractivity contribution in [3.05, 3.63) is 89.5 Å². The second kappa shape index (κ2) is 9.65. The summed E-state index contributed by atoms with van der Waals surface area (Å²) in [6.07, 6.45) is 0. The van der Waals surface area contributed by atoms with Gasteiger partial charge in [0.1, 0.15) is 11.0 Å². The molecule has 32 heavy (non-hydrogen) atoms. The van der Waals surface area contributed by atoms with Crippen molar-refractivity contribution in [2.24, 2.45) is 0 Å². The molecule has 1 amide bonds. The third-order valence-corrected chi connectivity index (χ3v) is 6.28. The normalized spacial score (nSPS) is 11.7. The van der Waals surface area contributed by atoms with Crippen LogP contribution >= 0.6 is 11.8 Å². The molecule has 1 heterocycles. The number of aromatic nitrogens is 4. The molecule has 0 bridgehead atoms. The summed E-state index contributed by atoms with van der Waals surface area (Å²) in [6, 6.07) is 22.9. The summed E-state index contributed by atoms with van der Waals surface area (Å²) in [5, 5.41) is 15.2. The zero-order valence-electron chi connectivity index (χ0n) is 18.0. The van der Waals surface area contributed by atoms with Gasteiger partial charge in [-0.1, -0.05) is 48.2 Å². The Kier molecular flexibility index (Phi) is 6.51. The first-order chi connectivity index (χ1) is 15.5. The first kappa shape index (κ1) is 21.6. The van der Waals surface area contributed by atoms with E-state index in [4.69, 9.17) is 4.74 Å². The van der Waals surface area contributed by atoms with Gasteiger partial charge in [0.2, 0.25) is 11.1 Å². The SMILES string of the molecule is COc1ccc(NC(=O)C(Sc2nnnn2-c2ccc(C)c(C)c2)c2ccccc2)cc1. The third kappa shape index (κ3) is 4.81. The molecule has 1 atom stereocenters. The van der Waals surface area contributed by atoms with Crippen molar-refractivity contribution in [2.75, 3.05) is 12.4 Å². The molecule has 0 saturated carbocycles. The molecule has 1 N–H and O–H groups in total. The van der Waals surface area contributed by atoms with E-state index in [0.717, 1.165) is 22.6 Å². The molecule has 0 aliphatic carbocycles. The predicted molar refractivity (Wildman–Crippen MR) is 125 cm³/mol. The molecular formula is C24H23N5O2S.